The van der Waals surface area contributed by atoms with Crippen LogP contribution in [0.5, 0.6) is 0 Å². The first kappa shape index (κ1) is 13.1. The van der Waals surface area contributed by atoms with E-state index in [2.05, 4.69) is 11.1 Å². The van der Waals surface area contributed by atoms with E-state index in [1.807, 2.05) is 18.2 Å². The Bertz CT molecular complexity index is 579. The molecular weight excluding hydrogens is 244 g/mol. The topological polar surface area (TPSA) is 76.1 Å². The summed E-state index contributed by atoms with van der Waals surface area (Å²) in [5.74, 6) is -0.483. The molecule has 0 fully saturated rings. The number of carbonyl (C=O) groups excluding carboxylic acids is 1. The second kappa shape index (κ2) is 6.01. The summed E-state index contributed by atoms with van der Waals surface area (Å²) >= 11 is 0. The maximum Gasteiger partial charge on any atom is 0.305 e. The molecule has 1 unspecified atom stereocenters. The van der Waals surface area contributed by atoms with E-state index in [1.54, 1.807) is 13.0 Å². The van der Waals surface area contributed by atoms with Crippen LogP contribution >= 0.6 is 0 Å². The minimum absolute atomic E-state index is 0.185. The van der Waals surface area contributed by atoms with Crippen LogP contribution in [0.25, 0.3) is 11.1 Å². The second-order valence-electron chi connectivity index (χ2n) is 4.05. The van der Waals surface area contributed by atoms with Gasteiger partial charge in [0.1, 0.15) is 11.4 Å². The van der Waals surface area contributed by atoms with Crippen LogP contribution in [0.15, 0.2) is 28.7 Å². The second-order valence-corrected chi connectivity index (χ2v) is 4.05. The molecule has 2 aromatic rings. The maximum atomic E-state index is 11.3. The molecule has 1 heterocycles. The molecule has 2 rings (SSSR count). The van der Waals surface area contributed by atoms with Crippen LogP contribution in [0.3, 0.4) is 0 Å². The standard InChI is InChI=1S/C14H14N2O3/c1-2-18-13(17)8-7-10(9-15)14-16-11-5-3-4-6-12(11)19-14/h3-6,10H,2,7-8H2,1H3. The van der Waals surface area contributed by atoms with Crippen LogP contribution in [-0.4, -0.2) is 17.6 Å². The molecule has 19 heavy (non-hydrogen) atoms. The summed E-state index contributed by atoms with van der Waals surface area (Å²) < 4.78 is 10.4. The van der Waals surface area contributed by atoms with Crippen molar-refractivity contribution in [3.05, 3.63) is 30.2 Å². The van der Waals surface area contributed by atoms with Gasteiger partial charge in [-0.1, -0.05) is 12.1 Å². The molecule has 5 nitrogen and oxygen atoms in total. The van der Waals surface area contributed by atoms with Crippen LogP contribution < -0.4 is 0 Å². The van der Waals surface area contributed by atoms with Gasteiger partial charge in [-0.3, -0.25) is 4.79 Å². The fraction of sp³-hybridized carbons (Fsp3) is 0.357. The van der Waals surface area contributed by atoms with E-state index < -0.39 is 5.92 Å². The van der Waals surface area contributed by atoms with E-state index in [9.17, 15) is 4.79 Å². The quantitative estimate of drug-likeness (QED) is 0.771. The van der Waals surface area contributed by atoms with Gasteiger partial charge < -0.3 is 9.15 Å². The first-order valence-corrected chi connectivity index (χ1v) is 6.15. The van der Waals surface area contributed by atoms with Crippen molar-refractivity contribution in [1.82, 2.24) is 4.98 Å². The summed E-state index contributed by atoms with van der Waals surface area (Å²) in [6, 6.07) is 9.43. The summed E-state index contributed by atoms with van der Waals surface area (Å²) in [4.78, 5) is 15.6. The Morgan fingerprint density at radius 1 is 1.53 bits per heavy atom. The third-order valence-corrected chi connectivity index (χ3v) is 2.71. The number of hydrogen-bond acceptors (Lipinski definition) is 5. The van der Waals surface area contributed by atoms with Crippen molar-refractivity contribution >= 4 is 17.1 Å². The first-order chi connectivity index (χ1) is 9.24. The number of benzene rings is 1. The van der Waals surface area contributed by atoms with Crippen LogP contribution in [0.1, 0.15) is 31.6 Å². The largest absolute Gasteiger partial charge is 0.466 e. The van der Waals surface area contributed by atoms with Crippen molar-refractivity contribution in [3.8, 4) is 6.07 Å². The van der Waals surface area contributed by atoms with Gasteiger partial charge >= 0.3 is 5.97 Å². The maximum absolute atomic E-state index is 11.3. The highest BCUT2D eigenvalue weighted by Gasteiger charge is 2.19. The third-order valence-electron chi connectivity index (χ3n) is 2.71. The first-order valence-electron chi connectivity index (χ1n) is 6.15. The van der Waals surface area contributed by atoms with Crippen molar-refractivity contribution in [2.75, 3.05) is 6.61 Å². The highest BCUT2D eigenvalue weighted by atomic mass is 16.5. The van der Waals surface area contributed by atoms with Gasteiger partial charge in [0.2, 0.25) is 5.89 Å². The van der Waals surface area contributed by atoms with Gasteiger partial charge in [-0.2, -0.15) is 5.26 Å². The average molecular weight is 258 g/mol. The smallest absolute Gasteiger partial charge is 0.305 e. The van der Waals surface area contributed by atoms with Crippen LogP contribution in [0.2, 0.25) is 0 Å². The van der Waals surface area contributed by atoms with Crippen molar-refractivity contribution in [3.63, 3.8) is 0 Å². The molecule has 1 atom stereocenters. The number of esters is 1. The van der Waals surface area contributed by atoms with Crippen LogP contribution in [0.4, 0.5) is 0 Å². The number of nitrogens with zero attached hydrogens (tertiary/aromatic N) is 2. The minimum Gasteiger partial charge on any atom is -0.466 e. The molecule has 0 aliphatic rings. The Morgan fingerprint density at radius 3 is 3.00 bits per heavy atom. The predicted octanol–water partition coefficient (Wildman–Crippen LogP) is 2.78. The number of oxazole rings is 1. The van der Waals surface area contributed by atoms with E-state index in [1.165, 1.54) is 0 Å². The van der Waals surface area contributed by atoms with Gasteiger partial charge in [-0.25, -0.2) is 4.98 Å². The van der Waals surface area contributed by atoms with E-state index in [-0.39, 0.29) is 12.4 Å². The lowest BCUT2D eigenvalue weighted by Crippen LogP contribution is -2.06. The highest BCUT2D eigenvalue weighted by molar-refractivity contribution is 5.72. The van der Waals surface area contributed by atoms with E-state index in [0.29, 0.717) is 30.0 Å². The lowest BCUT2D eigenvalue weighted by atomic mass is 10.1. The van der Waals surface area contributed by atoms with Crippen molar-refractivity contribution in [2.45, 2.75) is 25.7 Å². The van der Waals surface area contributed by atoms with Gasteiger partial charge in [-0.05, 0) is 25.5 Å². The van der Waals surface area contributed by atoms with Gasteiger partial charge in [0.15, 0.2) is 5.58 Å². The van der Waals surface area contributed by atoms with E-state index in [0.717, 1.165) is 0 Å². The Hall–Kier alpha value is -2.35. The summed E-state index contributed by atoms with van der Waals surface area (Å²) in [6.45, 7) is 2.10. The molecule has 0 bridgehead atoms. The lowest BCUT2D eigenvalue weighted by molar-refractivity contribution is -0.143. The fourth-order valence-corrected chi connectivity index (χ4v) is 1.78. The number of hydrogen-bond donors (Lipinski definition) is 0. The highest BCUT2D eigenvalue weighted by Crippen LogP contribution is 2.24. The van der Waals surface area contributed by atoms with Gasteiger partial charge in [-0.15, -0.1) is 0 Å². The number of rotatable bonds is 5. The molecule has 0 saturated heterocycles. The number of nitriles is 1. The summed E-state index contributed by atoms with van der Waals surface area (Å²) in [5.41, 5.74) is 1.36. The normalized spacial score (nSPS) is 12.0. The Kier molecular flexibility index (Phi) is 4.14. The SMILES string of the molecule is CCOC(=O)CCC(C#N)c1nc2ccccc2o1. The zero-order valence-corrected chi connectivity index (χ0v) is 10.6. The Labute approximate surface area is 110 Å². The molecule has 5 heteroatoms. The Balaban J connectivity index is 2.09. The number of para-hydroxylation sites is 2. The van der Waals surface area contributed by atoms with Gasteiger partial charge in [0.25, 0.3) is 0 Å². The molecule has 98 valence electrons. The molecule has 1 aromatic carbocycles. The zero-order valence-electron chi connectivity index (χ0n) is 10.6. The molecule has 0 aliphatic carbocycles. The number of carbonyl (C=O) groups is 1. The van der Waals surface area contributed by atoms with Crippen molar-refractivity contribution in [2.24, 2.45) is 0 Å². The fourth-order valence-electron chi connectivity index (χ4n) is 1.78. The van der Waals surface area contributed by atoms with Crippen LogP contribution in [-0.2, 0) is 9.53 Å². The van der Waals surface area contributed by atoms with Gasteiger partial charge in [0, 0.05) is 6.42 Å². The van der Waals surface area contributed by atoms with E-state index >= 15 is 0 Å². The molecular formula is C14H14N2O3. The molecule has 0 spiro atoms. The summed E-state index contributed by atoms with van der Waals surface area (Å²) in [7, 11) is 0. The number of fused-ring (bicyclic) bond motifs is 1. The average Bonchev–Trinajstić information content (AvgIpc) is 2.83. The molecule has 0 N–H and O–H groups in total. The molecule has 0 amide bonds. The van der Waals surface area contributed by atoms with Crippen molar-refractivity contribution in [1.29, 1.82) is 5.26 Å². The van der Waals surface area contributed by atoms with Crippen LogP contribution in [0, 0.1) is 11.3 Å². The number of aromatic nitrogens is 1. The summed E-state index contributed by atoms with van der Waals surface area (Å²) in [6.07, 6.45) is 0.535. The lowest BCUT2D eigenvalue weighted by Gasteiger charge is -2.04. The minimum atomic E-state index is -0.531. The molecule has 1 aromatic heterocycles. The van der Waals surface area contributed by atoms with Crippen molar-refractivity contribution < 1.29 is 13.9 Å². The molecule has 0 saturated carbocycles. The molecule has 0 radical (unpaired) electrons. The monoisotopic (exact) mass is 258 g/mol. The molecule has 0 aliphatic heterocycles. The Morgan fingerprint density at radius 2 is 2.32 bits per heavy atom. The third kappa shape index (κ3) is 3.10. The number of ether oxygens (including phenoxy) is 1. The summed E-state index contributed by atoms with van der Waals surface area (Å²) in [5, 5.41) is 9.15. The predicted molar refractivity (Wildman–Crippen MR) is 68.2 cm³/mol. The van der Waals surface area contributed by atoms with E-state index in [4.69, 9.17) is 14.4 Å². The zero-order chi connectivity index (χ0) is 13.7. The van der Waals surface area contributed by atoms with Gasteiger partial charge in [0.05, 0.1) is 12.7 Å².